The van der Waals surface area contributed by atoms with Gasteiger partial charge in [0.15, 0.2) is 0 Å². The van der Waals surface area contributed by atoms with Gasteiger partial charge in [-0.25, -0.2) is 0 Å². The van der Waals surface area contributed by atoms with Crippen LogP contribution in [0.4, 0.5) is 0 Å². The first-order valence-electron chi connectivity index (χ1n) is 6.06. The molecule has 1 unspecified atom stereocenters. The summed E-state index contributed by atoms with van der Waals surface area (Å²) < 4.78 is 1.88. The number of carbonyl (C=O) groups is 1. The van der Waals surface area contributed by atoms with Gasteiger partial charge in [-0.3, -0.25) is 9.48 Å². The average molecular weight is 246 g/mol. The number of nitrogens with one attached hydrogen (secondary N) is 2. The van der Waals surface area contributed by atoms with Gasteiger partial charge in [-0.2, -0.15) is 5.10 Å². The number of carbonyl (C=O) groups excluding carboxylic acids is 1. The number of nitrogens with zero attached hydrogens (tertiary/aromatic N) is 2. The van der Waals surface area contributed by atoms with Crippen molar-refractivity contribution in [2.75, 3.05) is 0 Å². The average Bonchev–Trinajstić information content (AvgIpc) is 3.00. The van der Waals surface area contributed by atoms with Crippen LogP contribution in [0.2, 0.25) is 0 Å². The van der Waals surface area contributed by atoms with Crippen LogP contribution in [0.15, 0.2) is 30.7 Å². The third-order valence-electron chi connectivity index (χ3n) is 2.84. The molecule has 5 heteroatoms. The van der Waals surface area contributed by atoms with Crippen molar-refractivity contribution in [1.29, 1.82) is 0 Å². The highest BCUT2D eigenvalue weighted by Crippen LogP contribution is 2.14. The zero-order chi connectivity index (χ0) is 13.1. The van der Waals surface area contributed by atoms with Crippen LogP contribution in [-0.2, 0) is 0 Å². The molecule has 1 amide bonds. The largest absolute Gasteiger partial charge is 0.357 e. The maximum absolute atomic E-state index is 11.9. The molecule has 2 heterocycles. The molecule has 0 saturated carbocycles. The van der Waals surface area contributed by atoms with E-state index in [1.807, 2.05) is 17.8 Å². The summed E-state index contributed by atoms with van der Waals surface area (Å²) in [6, 6.07) is 3.81. The molecular formula is C13H18N4O. The van der Waals surface area contributed by atoms with Gasteiger partial charge in [0, 0.05) is 24.0 Å². The minimum atomic E-state index is -0.107. The van der Waals surface area contributed by atoms with E-state index in [0.717, 1.165) is 5.56 Å². The fourth-order valence-electron chi connectivity index (χ4n) is 1.69. The minimum absolute atomic E-state index is 0.0618. The maximum atomic E-state index is 11.9. The Balaban J connectivity index is 2.03. The zero-order valence-corrected chi connectivity index (χ0v) is 10.8. The molecule has 2 N–H and O–H groups in total. The molecule has 1 atom stereocenters. The Morgan fingerprint density at radius 1 is 1.44 bits per heavy atom. The van der Waals surface area contributed by atoms with E-state index in [1.54, 1.807) is 24.5 Å². The highest BCUT2D eigenvalue weighted by Gasteiger charge is 2.13. The number of rotatable bonds is 4. The second kappa shape index (κ2) is 5.08. The van der Waals surface area contributed by atoms with Crippen molar-refractivity contribution in [3.05, 3.63) is 42.0 Å². The molecule has 0 bridgehead atoms. The summed E-state index contributed by atoms with van der Waals surface area (Å²) in [5.41, 5.74) is 1.57. The van der Waals surface area contributed by atoms with Crippen LogP contribution in [0, 0.1) is 0 Å². The lowest BCUT2D eigenvalue weighted by molar-refractivity contribution is 0.0935. The van der Waals surface area contributed by atoms with Crippen LogP contribution in [0.5, 0.6) is 0 Å². The monoisotopic (exact) mass is 246 g/mol. The number of aromatic nitrogens is 3. The van der Waals surface area contributed by atoms with Crippen LogP contribution in [0.1, 0.15) is 48.9 Å². The Morgan fingerprint density at radius 3 is 2.78 bits per heavy atom. The molecule has 0 aliphatic heterocycles. The van der Waals surface area contributed by atoms with Crippen molar-refractivity contribution in [2.24, 2.45) is 0 Å². The van der Waals surface area contributed by atoms with Crippen molar-refractivity contribution in [2.45, 2.75) is 32.9 Å². The third-order valence-corrected chi connectivity index (χ3v) is 2.84. The fraction of sp³-hybridized carbons (Fsp3) is 0.385. The maximum Gasteiger partial charge on any atom is 0.268 e. The minimum Gasteiger partial charge on any atom is -0.357 e. The molecule has 0 spiro atoms. The van der Waals surface area contributed by atoms with Crippen LogP contribution in [-0.4, -0.2) is 20.7 Å². The SMILES string of the molecule is CC(NC(=O)c1ccc[nH]1)c1cnn(C(C)C)c1. The first kappa shape index (κ1) is 12.4. The van der Waals surface area contributed by atoms with E-state index in [4.69, 9.17) is 0 Å². The van der Waals surface area contributed by atoms with Gasteiger partial charge in [0.2, 0.25) is 0 Å². The van der Waals surface area contributed by atoms with E-state index in [1.165, 1.54) is 0 Å². The van der Waals surface area contributed by atoms with Gasteiger partial charge in [-0.05, 0) is 32.9 Å². The van der Waals surface area contributed by atoms with Crippen molar-refractivity contribution in [3.63, 3.8) is 0 Å². The summed E-state index contributed by atoms with van der Waals surface area (Å²) >= 11 is 0. The normalized spacial score (nSPS) is 12.7. The van der Waals surface area contributed by atoms with Crippen LogP contribution < -0.4 is 5.32 Å². The topological polar surface area (TPSA) is 62.7 Å². The van der Waals surface area contributed by atoms with Crippen molar-refractivity contribution >= 4 is 5.91 Å². The van der Waals surface area contributed by atoms with E-state index < -0.39 is 0 Å². The first-order chi connectivity index (χ1) is 8.58. The summed E-state index contributed by atoms with van der Waals surface area (Å²) in [5, 5.41) is 7.19. The van der Waals surface area contributed by atoms with Gasteiger partial charge >= 0.3 is 0 Å². The highest BCUT2D eigenvalue weighted by atomic mass is 16.1. The van der Waals surface area contributed by atoms with E-state index in [2.05, 4.69) is 29.2 Å². The number of hydrogen-bond acceptors (Lipinski definition) is 2. The van der Waals surface area contributed by atoms with E-state index >= 15 is 0 Å². The summed E-state index contributed by atoms with van der Waals surface area (Å²) in [6.07, 6.45) is 5.49. The standard InChI is InChI=1S/C13H18N4O/c1-9(2)17-8-11(7-15-17)10(3)16-13(18)12-5-4-6-14-12/h4-10,14H,1-3H3,(H,16,18). The second-order valence-electron chi connectivity index (χ2n) is 4.63. The first-order valence-corrected chi connectivity index (χ1v) is 6.06. The number of H-pyrrole nitrogens is 1. The molecule has 0 aliphatic rings. The van der Waals surface area contributed by atoms with Crippen molar-refractivity contribution in [1.82, 2.24) is 20.1 Å². The van der Waals surface area contributed by atoms with Crippen LogP contribution >= 0.6 is 0 Å². The molecule has 18 heavy (non-hydrogen) atoms. The predicted molar refractivity (Wildman–Crippen MR) is 69.3 cm³/mol. The van der Waals surface area contributed by atoms with Crippen LogP contribution in [0.3, 0.4) is 0 Å². The Bertz CT molecular complexity index is 513. The third kappa shape index (κ3) is 2.61. The van der Waals surface area contributed by atoms with E-state index in [0.29, 0.717) is 11.7 Å². The smallest absolute Gasteiger partial charge is 0.268 e. The lowest BCUT2D eigenvalue weighted by Gasteiger charge is -2.11. The molecule has 2 aromatic heterocycles. The van der Waals surface area contributed by atoms with Gasteiger partial charge in [-0.15, -0.1) is 0 Å². The summed E-state index contributed by atoms with van der Waals surface area (Å²) in [5.74, 6) is -0.107. The van der Waals surface area contributed by atoms with Crippen LogP contribution in [0.25, 0.3) is 0 Å². The molecule has 0 saturated heterocycles. The molecular weight excluding hydrogens is 228 g/mol. The number of hydrogen-bond donors (Lipinski definition) is 2. The van der Waals surface area contributed by atoms with Gasteiger partial charge in [0.05, 0.1) is 12.2 Å². The van der Waals surface area contributed by atoms with Crippen molar-refractivity contribution < 1.29 is 4.79 Å². The summed E-state index contributed by atoms with van der Waals surface area (Å²) in [4.78, 5) is 14.7. The molecule has 0 aliphatic carbocycles. The highest BCUT2D eigenvalue weighted by molar-refractivity contribution is 5.92. The molecule has 0 fully saturated rings. The van der Waals surface area contributed by atoms with Gasteiger partial charge in [0.25, 0.3) is 5.91 Å². The lowest BCUT2D eigenvalue weighted by Crippen LogP contribution is -2.26. The quantitative estimate of drug-likeness (QED) is 0.869. The zero-order valence-electron chi connectivity index (χ0n) is 10.8. The summed E-state index contributed by atoms with van der Waals surface area (Å²) in [7, 11) is 0. The predicted octanol–water partition coefficient (Wildman–Crippen LogP) is 2.28. The van der Waals surface area contributed by atoms with Crippen molar-refractivity contribution in [3.8, 4) is 0 Å². The fourth-order valence-corrected chi connectivity index (χ4v) is 1.69. The van der Waals surface area contributed by atoms with E-state index in [9.17, 15) is 4.79 Å². The van der Waals surface area contributed by atoms with Gasteiger partial charge in [0.1, 0.15) is 5.69 Å². The molecule has 2 rings (SSSR count). The Morgan fingerprint density at radius 2 is 2.22 bits per heavy atom. The Hall–Kier alpha value is -2.04. The number of aromatic amines is 1. The molecule has 0 radical (unpaired) electrons. The number of amides is 1. The van der Waals surface area contributed by atoms with E-state index in [-0.39, 0.29) is 11.9 Å². The lowest BCUT2D eigenvalue weighted by atomic mass is 10.2. The van der Waals surface area contributed by atoms with Gasteiger partial charge < -0.3 is 10.3 Å². The molecule has 2 aromatic rings. The molecule has 5 nitrogen and oxygen atoms in total. The second-order valence-corrected chi connectivity index (χ2v) is 4.63. The Kier molecular flexibility index (Phi) is 3.50. The Labute approximate surface area is 106 Å². The molecule has 0 aromatic carbocycles. The van der Waals surface area contributed by atoms with Gasteiger partial charge in [-0.1, -0.05) is 0 Å². The summed E-state index contributed by atoms with van der Waals surface area (Å²) in [6.45, 7) is 6.08. The molecule has 96 valence electrons.